The van der Waals surface area contributed by atoms with Crippen LogP contribution in [0.1, 0.15) is 19.4 Å². The van der Waals surface area contributed by atoms with Crippen LogP contribution in [0.4, 0.5) is 13.2 Å². The summed E-state index contributed by atoms with van der Waals surface area (Å²) in [6, 6.07) is 11.0. The van der Waals surface area contributed by atoms with Crippen molar-refractivity contribution in [3.05, 3.63) is 59.4 Å². The number of nitrogens with zero attached hydrogens (tertiary/aromatic N) is 2. The molecule has 0 saturated carbocycles. The largest absolute Gasteiger partial charge is 0.419 e. The van der Waals surface area contributed by atoms with Crippen LogP contribution in [0.2, 0.25) is 5.02 Å². The zero-order valence-electron chi connectivity index (χ0n) is 12.4. The molecule has 2 heterocycles. The Morgan fingerprint density at radius 1 is 1.09 bits per heavy atom. The first kappa shape index (κ1) is 17.7. The first-order chi connectivity index (χ1) is 11.0. The zero-order chi connectivity index (χ0) is 17.0. The van der Waals surface area contributed by atoms with Gasteiger partial charge in [-0.25, -0.2) is 4.98 Å². The number of benzene rings is 1. The van der Waals surface area contributed by atoms with Crippen LogP contribution >= 0.6 is 23.5 Å². The minimum absolute atomic E-state index is 0.287. The van der Waals surface area contributed by atoms with Gasteiger partial charge in [-0.15, -0.1) is 0 Å². The van der Waals surface area contributed by atoms with Gasteiger partial charge in [-0.2, -0.15) is 13.2 Å². The molecule has 0 N–H and O–H groups in total. The van der Waals surface area contributed by atoms with Gasteiger partial charge in [-0.05, 0) is 30.1 Å². The average Bonchev–Trinajstić information content (AvgIpc) is 2.93. The fraction of sp³-hybridized carbons (Fsp3) is 0.188. The highest BCUT2D eigenvalue weighted by atomic mass is 35.5. The van der Waals surface area contributed by atoms with Gasteiger partial charge in [0.05, 0.1) is 10.6 Å². The van der Waals surface area contributed by atoms with Crippen molar-refractivity contribution in [3.8, 4) is 0 Å². The molecule has 7 heteroatoms. The van der Waals surface area contributed by atoms with Crippen LogP contribution in [-0.4, -0.2) is 8.96 Å². The molecular weight excluding hydrogens is 345 g/mol. The van der Waals surface area contributed by atoms with E-state index in [4.69, 9.17) is 11.6 Å². The van der Waals surface area contributed by atoms with E-state index in [1.165, 1.54) is 18.0 Å². The van der Waals surface area contributed by atoms with Crippen LogP contribution < -0.4 is 0 Å². The molecular formula is C16H14ClF3N2S. The highest BCUT2D eigenvalue weighted by molar-refractivity contribution is 7.98. The minimum Gasteiger partial charge on any atom is -0.271 e. The molecule has 2 nitrogen and oxygen atoms in total. The monoisotopic (exact) mass is 358 g/mol. The van der Waals surface area contributed by atoms with E-state index in [2.05, 4.69) is 4.98 Å². The molecule has 0 bridgehead atoms. The second-order valence-electron chi connectivity index (χ2n) is 4.27. The van der Waals surface area contributed by atoms with E-state index < -0.39 is 11.7 Å². The van der Waals surface area contributed by atoms with Crippen LogP contribution in [0.5, 0.6) is 0 Å². The molecule has 0 saturated heterocycles. The van der Waals surface area contributed by atoms with Gasteiger partial charge >= 0.3 is 6.18 Å². The fourth-order valence-electron chi connectivity index (χ4n) is 1.90. The molecule has 0 fully saturated rings. The number of hydrogen-bond acceptors (Lipinski definition) is 2. The van der Waals surface area contributed by atoms with Gasteiger partial charge in [0, 0.05) is 22.7 Å². The lowest BCUT2D eigenvalue weighted by Crippen LogP contribution is -2.06. The Morgan fingerprint density at radius 2 is 1.74 bits per heavy atom. The van der Waals surface area contributed by atoms with Crippen molar-refractivity contribution in [2.45, 2.75) is 24.9 Å². The predicted octanol–water partition coefficient (Wildman–Crippen LogP) is 6.29. The third-order valence-electron chi connectivity index (χ3n) is 2.87. The van der Waals surface area contributed by atoms with Crippen molar-refractivity contribution in [1.82, 2.24) is 8.96 Å². The van der Waals surface area contributed by atoms with Gasteiger partial charge in [-0.1, -0.05) is 43.6 Å². The van der Waals surface area contributed by atoms with E-state index >= 15 is 0 Å². The topological polar surface area (TPSA) is 17.8 Å². The Hall–Kier alpha value is -1.66. The lowest BCUT2D eigenvalue weighted by Gasteiger charge is -2.09. The molecule has 0 atom stereocenters. The Morgan fingerprint density at radius 3 is 2.35 bits per heavy atom. The van der Waals surface area contributed by atoms with Crippen molar-refractivity contribution in [1.29, 1.82) is 0 Å². The summed E-state index contributed by atoms with van der Waals surface area (Å²) < 4.78 is 40.1. The summed E-state index contributed by atoms with van der Waals surface area (Å²) in [5.74, 6) is 0. The summed E-state index contributed by atoms with van der Waals surface area (Å²) in [5.41, 5.74) is -0.513. The quantitative estimate of drug-likeness (QED) is 0.535. The van der Waals surface area contributed by atoms with Crippen molar-refractivity contribution in [2.24, 2.45) is 0 Å². The molecule has 0 unspecified atom stereocenters. The highest BCUT2D eigenvalue weighted by Gasteiger charge is 2.34. The standard InChI is InChI=1S/C14H8ClF3N2S.C2H6/c15-12-10-6-7-20(21-9-4-2-1-3-5-9)13(10)19-8-11(12)14(16,17)18;1-2/h1-8H;1-2H3. The molecule has 0 radical (unpaired) electrons. The number of pyridine rings is 1. The lowest BCUT2D eigenvalue weighted by atomic mass is 10.2. The molecule has 0 aliphatic heterocycles. The molecule has 0 aliphatic carbocycles. The van der Waals surface area contributed by atoms with Gasteiger partial charge < -0.3 is 0 Å². The van der Waals surface area contributed by atoms with Gasteiger partial charge in [0.15, 0.2) is 5.65 Å². The number of fused-ring (bicyclic) bond motifs is 1. The number of rotatable bonds is 2. The Bertz CT molecular complexity index is 785. The summed E-state index contributed by atoms with van der Waals surface area (Å²) in [7, 11) is 0. The van der Waals surface area contributed by atoms with E-state index in [1.807, 2.05) is 44.2 Å². The molecule has 0 spiro atoms. The maximum atomic E-state index is 12.8. The fourth-order valence-corrected chi connectivity index (χ4v) is 3.06. The number of alkyl halides is 3. The molecule has 0 amide bonds. The lowest BCUT2D eigenvalue weighted by molar-refractivity contribution is -0.137. The van der Waals surface area contributed by atoms with Gasteiger partial charge in [0.1, 0.15) is 0 Å². The molecule has 0 aliphatic rings. The average molecular weight is 359 g/mol. The van der Waals surface area contributed by atoms with Crippen molar-refractivity contribution >= 4 is 34.6 Å². The second-order valence-corrected chi connectivity index (χ2v) is 5.69. The number of aromatic nitrogens is 2. The van der Waals surface area contributed by atoms with Crippen LogP contribution in [0.25, 0.3) is 11.0 Å². The summed E-state index contributed by atoms with van der Waals surface area (Å²) >= 11 is 7.22. The smallest absolute Gasteiger partial charge is 0.271 e. The van der Waals surface area contributed by atoms with Gasteiger partial charge in [-0.3, -0.25) is 3.97 Å². The van der Waals surface area contributed by atoms with E-state index in [1.54, 1.807) is 10.2 Å². The molecule has 2 aromatic heterocycles. The normalized spacial score (nSPS) is 11.2. The van der Waals surface area contributed by atoms with Crippen LogP contribution in [0.3, 0.4) is 0 Å². The van der Waals surface area contributed by atoms with Crippen molar-refractivity contribution < 1.29 is 13.2 Å². The van der Waals surface area contributed by atoms with Crippen molar-refractivity contribution in [2.75, 3.05) is 0 Å². The van der Waals surface area contributed by atoms with Crippen LogP contribution in [-0.2, 0) is 6.18 Å². The Balaban J connectivity index is 0.000000924. The molecule has 1 aromatic carbocycles. The van der Waals surface area contributed by atoms with Gasteiger partial charge in [0.25, 0.3) is 0 Å². The summed E-state index contributed by atoms with van der Waals surface area (Å²) in [4.78, 5) is 4.85. The molecule has 3 aromatic rings. The maximum Gasteiger partial charge on any atom is 0.419 e. The maximum absolute atomic E-state index is 12.8. The molecule has 23 heavy (non-hydrogen) atoms. The van der Waals surface area contributed by atoms with Crippen molar-refractivity contribution in [3.63, 3.8) is 0 Å². The van der Waals surface area contributed by atoms with E-state index in [0.29, 0.717) is 5.65 Å². The highest BCUT2D eigenvalue weighted by Crippen LogP contribution is 2.38. The number of hydrogen-bond donors (Lipinski definition) is 0. The second kappa shape index (κ2) is 7.27. The van der Waals surface area contributed by atoms with Crippen LogP contribution in [0, 0.1) is 0 Å². The zero-order valence-corrected chi connectivity index (χ0v) is 14.0. The van der Waals surface area contributed by atoms with E-state index in [0.717, 1.165) is 11.1 Å². The Labute approximate surface area is 141 Å². The third-order valence-corrected chi connectivity index (χ3v) is 4.25. The van der Waals surface area contributed by atoms with E-state index in [9.17, 15) is 13.2 Å². The predicted molar refractivity (Wildman–Crippen MR) is 88.8 cm³/mol. The third kappa shape index (κ3) is 3.82. The van der Waals surface area contributed by atoms with Crippen LogP contribution in [0.15, 0.2) is 53.7 Å². The number of halogens is 4. The Kier molecular flexibility index (Phi) is 5.59. The first-order valence-corrected chi connectivity index (χ1v) is 8.08. The minimum atomic E-state index is -4.51. The SMILES string of the molecule is CC.FC(F)(F)c1cnc2c(ccn2Sc2ccccc2)c1Cl. The summed E-state index contributed by atoms with van der Waals surface area (Å²) in [6.07, 6.45) is -2.08. The summed E-state index contributed by atoms with van der Waals surface area (Å²) in [5, 5.41) is -0.0326. The molecule has 122 valence electrons. The van der Waals surface area contributed by atoms with Gasteiger partial charge in [0.2, 0.25) is 0 Å². The van der Waals surface area contributed by atoms with E-state index in [-0.39, 0.29) is 10.4 Å². The first-order valence-electron chi connectivity index (χ1n) is 6.93. The molecule has 3 rings (SSSR count). The summed E-state index contributed by atoms with van der Waals surface area (Å²) in [6.45, 7) is 4.00.